The van der Waals surface area contributed by atoms with Crippen molar-refractivity contribution in [2.45, 2.75) is 136 Å². The third kappa shape index (κ3) is 5.99. The fraction of sp³-hybridized carbons (Fsp3) is 0.957. The fourth-order valence-corrected chi connectivity index (χ4v) is 16.9. The molecule has 0 bridgehead atoms. The zero-order valence-electron chi connectivity index (χ0n) is 22.0. The molecule has 0 N–H and O–H groups in total. The molecule has 0 aliphatic heterocycles. The van der Waals surface area contributed by atoms with E-state index in [0.717, 1.165) is 0 Å². The van der Waals surface area contributed by atoms with E-state index in [9.17, 15) is 5.26 Å². The van der Waals surface area contributed by atoms with Crippen molar-refractivity contribution >= 4 is 23.8 Å². The minimum absolute atomic E-state index is 0.0475. The van der Waals surface area contributed by atoms with Crippen LogP contribution in [-0.4, -0.2) is 23.8 Å². The predicted molar refractivity (Wildman–Crippen MR) is 134 cm³/mol. The van der Waals surface area contributed by atoms with Crippen molar-refractivity contribution in [2.75, 3.05) is 0 Å². The summed E-state index contributed by atoms with van der Waals surface area (Å²) >= 11 is 0. The molecule has 0 aromatic rings. The Hall–Kier alpha value is -0.0913. The van der Waals surface area contributed by atoms with Gasteiger partial charge in [-0.2, -0.15) is 5.26 Å². The second-order valence-corrected chi connectivity index (χ2v) is 21.8. The van der Waals surface area contributed by atoms with Crippen molar-refractivity contribution in [1.82, 2.24) is 0 Å². The van der Waals surface area contributed by atoms with E-state index in [0.29, 0.717) is 33.2 Å². The second-order valence-electron chi connectivity index (χ2n) is 11.0. The van der Waals surface area contributed by atoms with Crippen molar-refractivity contribution in [3.8, 4) is 6.07 Å². The van der Waals surface area contributed by atoms with Crippen LogP contribution in [0.5, 0.6) is 0 Å². The zero-order valence-corrected chi connectivity index (χ0v) is 24.0. The molecule has 0 heterocycles. The molecule has 6 heteroatoms. The lowest BCUT2D eigenvalue weighted by atomic mass is 9.68. The first-order valence-corrected chi connectivity index (χ1v) is 16.2. The summed E-state index contributed by atoms with van der Waals surface area (Å²) in [4.78, 5) is 0. The van der Waals surface area contributed by atoms with Crippen LogP contribution in [0, 0.1) is 17.2 Å². The lowest BCUT2D eigenvalue weighted by molar-refractivity contribution is 0.343. The van der Waals surface area contributed by atoms with Crippen molar-refractivity contribution in [1.29, 1.82) is 5.26 Å². The first kappa shape index (κ1) is 28.9. The molecule has 0 aromatic carbocycles. The highest BCUT2D eigenvalue weighted by atomic mass is 28.4. The molecule has 0 saturated heterocycles. The molecule has 0 rings (SSSR count). The van der Waals surface area contributed by atoms with Gasteiger partial charge in [0.05, 0.1) is 6.07 Å². The Balaban J connectivity index is 6.49. The molecule has 3 nitrogen and oxygen atoms in total. The molecule has 0 saturated carbocycles. The first-order valence-electron chi connectivity index (χ1n) is 11.9. The maximum absolute atomic E-state index is 9.67. The summed E-state index contributed by atoms with van der Waals surface area (Å²) in [5.41, 5.74) is 2.95. The van der Waals surface area contributed by atoms with Crippen LogP contribution in [0.15, 0.2) is 0 Å². The third-order valence-electron chi connectivity index (χ3n) is 7.48. The minimum Gasteiger partial charge on any atom is -0.453 e. The van der Waals surface area contributed by atoms with Crippen molar-refractivity contribution in [3.05, 3.63) is 0 Å². The highest BCUT2D eigenvalue weighted by Gasteiger charge is 2.53. The van der Waals surface area contributed by atoms with E-state index in [1.165, 1.54) is 0 Å². The molecule has 29 heavy (non-hydrogen) atoms. The van der Waals surface area contributed by atoms with Gasteiger partial charge in [-0.3, -0.25) is 0 Å². The van der Waals surface area contributed by atoms with Crippen LogP contribution in [0.4, 0.5) is 0 Å². The average Bonchev–Trinajstić information content (AvgIpc) is 2.58. The lowest BCUT2D eigenvalue weighted by Gasteiger charge is -2.50. The van der Waals surface area contributed by atoms with Crippen LogP contribution in [0.2, 0.25) is 39.1 Å². The molecule has 0 fully saturated rings. The summed E-state index contributed by atoms with van der Waals surface area (Å²) in [6.45, 7) is 32.0. The molecule has 2 unspecified atom stereocenters. The van der Waals surface area contributed by atoms with E-state index in [-0.39, 0.29) is 18.9 Å². The summed E-state index contributed by atoms with van der Waals surface area (Å²) in [5.74, 6) is -0.0531. The number of nitrogens with zero attached hydrogens (tertiary/aromatic N) is 1. The number of nitriles is 1. The Morgan fingerprint density at radius 2 is 0.793 bits per heavy atom. The van der Waals surface area contributed by atoms with E-state index >= 15 is 0 Å². The normalized spacial score (nSPS) is 15.7. The molecule has 0 aliphatic carbocycles. The van der Waals surface area contributed by atoms with Gasteiger partial charge in [-0.15, -0.1) is 0 Å². The van der Waals surface area contributed by atoms with E-state index in [2.05, 4.69) is 96.1 Å². The number of rotatable bonds is 12. The van der Waals surface area contributed by atoms with Gasteiger partial charge < -0.3 is 8.69 Å². The van der Waals surface area contributed by atoms with E-state index in [4.69, 9.17) is 8.69 Å². The monoisotopic (exact) mass is 439 g/mol. The second kappa shape index (κ2) is 11.5. The SMILES string of the molecule is CC(C#N)C(C)B(O[Si](C(C)C)(C(C)C)C(C)C)O[Si](C(C)C)(C(C)C)C(C)C. The molecule has 0 amide bonds. The maximum atomic E-state index is 9.67. The van der Waals surface area contributed by atoms with Gasteiger partial charge in [0.15, 0.2) is 16.6 Å². The van der Waals surface area contributed by atoms with E-state index < -0.39 is 16.6 Å². The minimum atomic E-state index is -2.13. The quantitative estimate of drug-likeness (QED) is 0.287. The first-order chi connectivity index (χ1) is 13.1. The molecular weight excluding hydrogens is 389 g/mol. The van der Waals surface area contributed by atoms with Gasteiger partial charge in [0.25, 0.3) is 0 Å². The van der Waals surface area contributed by atoms with Gasteiger partial charge in [0.1, 0.15) is 0 Å². The van der Waals surface area contributed by atoms with Crippen LogP contribution in [0.1, 0.15) is 96.9 Å². The average molecular weight is 440 g/mol. The number of hydrogen-bond donors (Lipinski definition) is 0. The highest BCUT2D eigenvalue weighted by Crippen LogP contribution is 2.48. The van der Waals surface area contributed by atoms with Gasteiger partial charge in [-0.1, -0.05) is 90.0 Å². The third-order valence-corrected chi connectivity index (χ3v) is 19.6. The Labute approximate surface area is 185 Å². The molecule has 170 valence electrons. The Kier molecular flexibility index (Phi) is 11.5. The van der Waals surface area contributed by atoms with Crippen LogP contribution < -0.4 is 0 Å². The van der Waals surface area contributed by atoms with Crippen LogP contribution >= 0.6 is 0 Å². The van der Waals surface area contributed by atoms with Gasteiger partial charge in [-0.25, -0.2) is 0 Å². The topological polar surface area (TPSA) is 42.2 Å². The molecule has 0 radical (unpaired) electrons. The lowest BCUT2D eigenvalue weighted by Crippen LogP contribution is -2.58. The van der Waals surface area contributed by atoms with Gasteiger partial charge in [-0.05, 0) is 40.2 Å². The maximum Gasteiger partial charge on any atom is 0.439 e. The van der Waals surface area contributed by atoms with Crippen LogP contribution in [-0.2, 0) is 8.69 Å². The van der Waals surface area contributed by atoms with Crippen molar-refractivity contribution in [2.24, 2.45) is 5.92 Å². The number of hydrogen-bond acceptors (Lipinski definition) is 3. The van der Waals surface area contributed by atoms with Gasteiger partial charge in [0, 0.05) is 11.7 Å². The molecule has 0 aliphatic rings. The standard InChI is InChI=1S/C23H50BNO2Si2/c1-16(2)28(17(3)4,18(5)6)26-24(23(14)22(13)15-25)27-29(19(7)8,20(9)10)21(11)12/h16-23H,1-14H3. The van der Waals surface area contributed by atoms with E-state index in [1.807, 2.05) is 6.92 Å². The highest BCUT2D eigenvalue weighted by molar-refractivity contribution is 6.87. The Morgan fingerprint density at radius 3 is 0.966 bits per heavy atom. The summed E-state index contributed by atoms with van der Waals surface area (Å²) in [6, 6.07) is 2.46. The van der Waals surface area contributed by atoms with Crippen LogP contribution in [0.3, 0.4) is 0 Å². The fourth-order valence-electron chi connectivity index (χ4n) is 5.81. The molecule has 2 atom stereocenters. The Morgan fingerprint density at radius 1 is 0.552 bits per heavy atom. The molecule has 0 aromatic heterocycles. The van der Waals surface area contributed by atoms with Crippen molar-refractivity contribution < 1.29 is 8.69 Å². The van der Waals surface area contributed by atoms with Gasteiger partial charge in [0.2, 0.25) is 0 Å². The summed E-state index contributed by atoms with van der Waals surface area (Å²) in [5, 5.41) is 9.67. The largest absolute Gasteiger partial charge is 0.453 e. The smallest absolute Gasteiger partial charge is 0.439 e. The summed E-state index contributed by atoms with van der Waals surface area (Å²) in [7, 11) is -4.56. The van der Waals surface area contributed by atoms with Crippen molar-refractivity contribution in [3.63, 3.8) is 0 Å². The summed E-state index contributed by atoms with van der Waals surface area (Å²) < 4.78 is 14.4. The Bertz CT molecular complexity index is 452. The van der Waals surface area contributed by atoms with Crippen LogP contribution in [0.25, 0.3) is 0 Å². The predicted octanol–water partition coefficient (Wildman–Crippen LogP) is 8.41. The molecular formula is C23H50BNO2Si2. The van der Waals surface area contributed by atoms with Gasteiger partial charge >= 0.3 is 7.12 Å². The molecule has 0 spiro atoms. The zero-order chi connectivity index (χ0) is 23.3. The van der Waals surface area contributed by atoms with E-state index in [1.54, 1.807) is 0 Å². The summed E-state index contributed by atoms with van der Waals surface area (Å²) in [6.07, 6.45) is 0.